The van der Waals surface area contributed by atoms with E-state index < -0.39 is 0 Å². The first-order chi connectivity index (χ1) is 14.2. The second-order valence-electron chi connectivity index (χ2n) is 7.30. The van der Waals surface area contributed by atoms with Crippen LogP contribution in [0.4, 0.5) is 4.79 Å². The summed E-state index contributed by atoms with van der Waals surface area (Å²) < 4.78 is 5.12. The number of rotatable bonds is 5. The molecule has 0 bridgehead atoms. The molecule has 29 heavy (non-hydrogen) atoms. The third-order valence-corrected chi connectivity index (χ3v) is 5.59. The molecule has 0 unspecified atom stereocenters. The van der Waals surface area contributed by atoms with Gasteiger partial charge in [0.05, 0.1) is 32.8 Å². The predicted molar refractivity (Wildman–Crippen MR) is 111 cm³/mol. The minimum absolute atomic E-state index is 0.105. The molecule has 1 amide bonds. The molecule has 4 rings (SSSR count). The fourth-order valence-corrected chi connectivity index (χ4v) is 4.13. The number of aromatic nitrogens is 1. The Kier molecular flexibility index (Phi) is 5.62. The molecule has 6 heteroatoms. The molecule has 1 aliphatic heterocycles. The van der Waals surface area contributed by atoms with E-state index in [2.05, 4.69) is 4.98 Å². The van der Waals surface area contributed by atoms with Crippen LogP contribution in [0.2, 0.25) is 0 Å². The second kappa shape index (κ2) is 8.49. The number of amides is 1. The fourth-order valence-electron chi connectivity index (χ4n) is 4.13. The van der Waals surface area contributed by atoms with E-state index in [1.54, 1.807) is 4.90 Å². The van der Waals surface area contributed by atoms with Crippen molar-refractivity contribution in [2.24, 2.45) is 0 Å². The highest BCUT2D eigenvalue weighted by molar-refractivity contribution is 6.10. The minimum Gasteiger partial charge on any atom is -0.450 e. The Hall–Kier alpha value is -3.12. The molecule has 1 atom stereocenters. The number of aromatic amines is 1. The van der Waals surface area contributed by atoms with Crippen LogP contribution in [0, 0.1) is 0 Å². The molecule has 2 heterocycles. The fraction of sp³-hybridized carbons (Fsp3) is 0.304. The van der Waals surface area contributed by atoms with Gasteiger partial charge in [0.2, 0.25) is 5.78 Å². The number of hydrogen-bond acceptors (Lipinski definition) is 3. The van der Waals surface area contributed by atoms with Crippen molar-refractivity contribution in [2.75, 3.05) is 32.8 Å². The summed E-state index contributed by atoms with van der Waals surface area (Å²) in [5.74, 6) is 0.105. The lowest BCUT2D eigenvalue weighted by Gasteiger charge is -2.35. The SMILES string of the molecule is CCOC(=O)N1CC[NH+]([C@H](C(=O)c2c[nH]c3ccccc23)c2ccccc2)CC1. The molecule has 0 saturated carbocycles. The maximum Gasteiger partial charge on any atom is 0.410 e. The van der Waals surface area contributed by atoms with E-state index in [0.717, 1.165) is 22.0 Å². The number of carbonyl (C=O) groups excluding carboxylic acids is 2. The van der Waals surface area contributed by atoms with E-state index in [9.17, 15) is 9.59 Å². The molecule has 2 aromatic carbocycles. The maximum absolute atomic E-state index is 13.7. The first kappa shape index (κ1) is 19.2. The number of hydrogen-bond donors (Lipinski definition) is 2. The number of nitrogens with one attached hydrogen (secondary N) is 2. The van der Waals surface area contributed by atoms with Gasteiger partial charge in [-0.2, -0.15) is 0 Å². The van der Waals surface area contributed by atoms with Crippen molar-refractivity contribution in [1.82, 2.24) is 9.88 Å². The maximum atomic E-state index is 13.7. The van der Waals surface area contributed by atoms with Crippen molar-refractivity contribution in [3.05, 3.63) is 71.9 Å². The zero-order chi connectivity index (χ0) is 20.2. The quantitative estimate of drug-likeness (QED) is 0.656. The molecule has 0 radical (unpaired) electrons. The second-order valence-corrected chi connectivity index (χ2v) is 7.30. The highest BCUT2D eigenvalue weighted by Crippen LogP contribution is 2.23. The summed E-state index contributed by atoms with van der Waals surface area (Å²) in [6.07, 6.45) is 1.54. The highest BCUT2D eigenvalue weighted by Gasteiger charge is 2.36. The number of carbonyl (C=O) groups is 2. The van der Waals surface area contributed by atoms with Crippen molar-refractivity contribution in [3.8, 4) is 0 Å². The van der Waals surface area contributed by atoms with Crippen LogP contribution in [0.3, 0.4) is 0 Å². The van der Waals surface area contributed by atoms with Crippen molar-refractivity contribution in [3.63, 3.8) is 0 Å². The van der Waals surface area contributed by atoms with Crippen LogP contribution in [-0.4, -0.2) is 54.5 Å². The number of ketones is 1. The van der Waals surface area contributed by atoms with Crippen molar-refractivity contribution in [1.29, 1.82) is 0 Å². The summed E-state index contributed by atoms with van der Waals surface area (Å²) >= 11 is 0. The van der Waals surface area contributed by atoms with Crippen LogP contribution in [0.15, 0.2) is 60.8 Å². The summed E-state index contributed by atoms with van der Waals surface area (Å²) in [6, 6.07) is 17.5. The van der Waals surface area contributed by atoms with Crippen molar-refractivity contribution < 1.29 is 19.2 Å². The lowest BCUT2D eigenvalue weighted by atomic mass is 9.95. The zero-order valence-electron chi connectivity index (χ0n) is 16.6. The van der Waals surface area contributed by atoms with Gasteiger partial charge >= 0.3 is 6.09 Å². The summed E-state index contributed by atoms with van der Waals surface area (Å²) in [6.45, 7) is 4.75. The van der Waals surface area contributed by atoms with E-state index in [1.165, 1.54) is 4.90 Å². The zero-order valence-corrected chi connectivity index (χ0v) is 16.6. The van der Waals surface area contributed by atoms with E-state index in [1.807, 2.05) is 67.7 Å². The van der Waals surface area contributed by atoms with Crippen LogP contribution in [-0.2, 0) is 4.74 Å². The molecular formula is C23H26N3O3+. The number of fused-ring (bicyclic) bond motifs is 1. The van der Waals surface area contributed by atoms with Gasteiger partial charge in [0.1, 0.15) is 0 Å². The van der Waals surface area contributed by atoms with Crippen LogP contribution in [0.25, 0.3) is 10.9 Å². The standard InChI is InChI=1S/C23H25N3O3/c1-2-29-23(28)26-14-12-25(13-15-26)21(17-8-4-3-5-9-17)22(27)19-16-24-20-11-7-6-10-18(19)20/h3-11,16,21,24H,2,12-15H2,1H3/p+1/t21-/m0/s1. The molecule has 1 aromatic heterocycles. The third-order valence-electron chi connectivity index (χ3n) is 5.59. The van der Waals surface area contributed by atoms with E-state index >= 15 is 0 Å². The number of piperazine rings is 1. The molecule has 1 fully saturated rings. The summed E-state index contributed by atoms with van der Waals surface area (Å²) in [5.41, 5.74) is 2.68. The molecule has 6 nitrogen and oxygen atoms in total. The number of quaternary nitrogens is 1. The van der Waals surface area contributed by atoms with Gasteiger partial charge < -0.3 is 14.6 Å². The molecule has 150 valence electrons. The van der Waals surface area contributed by atoms with Gasteiger partial charge in [-0.05, 0) is 13.0 Å². The number of Topliss-reactive ketones (excluding diaryl/α,β-unsaturated/α-hetero) is 1. The number of benzene rings is 2. The average molecular weight is 392 g/mol. The Morgan fingerprint density at radius 3 is 2.48 bits per heavy atom. The molecule has 2 N–H and O–H groups in total. The molecule has 3 aromatic rings. The Morgan fingerprint density at radius 1 is 1.07 bits per heavy atom. The smallest absolute Gasteiger partial charge is 0.410 e. The van der Waals surface area contributed by atoms with E-state index in [4.69, 9.17) is 4.74 Å². The first-order valence-corrected chi connectivity index (χ1v) is 10.1. The Balaban J connectivity index is 1.62. The lowest BCUT2D eigenvalue weighted by molar-refractivity contribution is -0.925. The molecular weight excluding hydrogens is 366 g/mol. The van der Waals surface area contributed by atoms with Gasteiger partial charge in [0.25, 0.3) is 0 Å². The largest absolute Gasteiger partial charge is 0.450 e. The van der Waals surface area contributed by atoms with Crippen LogP contribution < -0.4 is 4.90 Å². The molecule has 1 aliphatic rings. The number of nitrogens with zero attached hydrogens (tertiary/aromatic N) is 1. The highest BCUT2D eigenvalue weighted by atomic mass is 16.6. The monoisotopic (exact) mass is 392 g/mol. The van der Waals surface area contributed by atoms with Crippen LogP contribution in [0.5, 0.6) is 0 Å². The Morgan fingerprint density at radius 2 is 1.76 bits per heavy atom. The molecule has 0 spiro atoms. The average Bonchev–Trinajstić information content (AvgIpc) is 3.19. The van der Waals surface area contributed by atoms with Gasteiger partial charge in [-0.1, -0.05) is 48.5 Å². The Labute approximate surface area is 170 Å². The first-order valence-electron chi connectivity index (χ1n) is 10.1. The van der Waals surface area contributed by atoms with Crippen LogP contribution >= 0.6 is 0 Å². The van der Waals surface area contributed by atoms with Crippen molar-refractivity contribution >= 4 is 22.8 Å². The van der Waals surface area contributed by atoms with E-state index in [0.29, 0.717) is 32.8 Å². The predicted octanol–water partition coefficient (Wildman–Crippen LogP) is 2.45. The summed E-state index contributed by atoms with van der Waals surface area (Å²) in [5, 5.41) is 0.947. The topological polar surface area (TPSA) is 66.8 Å². The number of para-hydroxylation sites is 1. The van der Waals surface area contributed by atoms with Gasteiger partial charge in [-0.3, -0.25) is 9.69 Å². The summed E-state index contributed by atoms with van der Waals surface area (Å²) in [4.78, 5) is 31.8. The van der Waals surface area contributed by atoms with Gasteiger partial charge in [-0.25, -0.2) is 4.79 Å². The van der Waals surface area contributed by atoms with Gasteiger partial charge in [-0.15, -0.1) is 0 Å². The van der Waals surface area contributed by atoms with Gasteiger partial charge in [0.15, 0.2) is 6.04 Å². The normalized spacial score (nSPS) is 16.0. The number of ether oxygens (including phenoxy) is 1. The Bertz CT molecular complexity index is 991. The molecule has 0 aliphatic carbocycles. The third kappa shape index (κ3) is 3.89. The van der Waals surface area contributed by atoms with Gasteiger partial charge in [0, 0.05) is 28.2 Å². The van der Waals surface area contributed by atoms with Crippen LogP contribution in [0.1, 0.15) is 28.9 Å². The minimum atomic E-state index is -0.306. The van der Waals surface area contributed by atoms with E-state index in [-0.39, 0.29) is 17.9 Å². The van der Waals surface area contributed by atoms with Crippen molar-refractivity contribution in [2.45, 2.75) is 13.0 Å². The molecule has 1 saturated heterocycles. The lowest BCUT2D eigenvalue weighted by Crippen LogP contribution is -3.15. The summed E-state index contributed by atoms with van der Waals surface area (Å²) in [7, 11) is 0. The number of H-pyrrole nitrogens is 1.